The Bertz CT molecular complexity index is 2670. The summed E-state index contributed by atoms with van der Waals surface area (Å²) in [5.41, 5.74) is 13.1. The quantitative estimate of drug-likeness (QED) is 0.164. The molecule has 0 radical (unpaired) electrons. The number of rotatable bonds is 6. The Morgan fingerprint density at radius 1 is 0.434 bits per heavy atom. The van der Waals surface area contributed by atoms with Gasteiger partial charge < -0.3 is 4.57 Å². The van der Waals surface area contributed by atoms with Crippen LogP contribution in [0.5, 0.6) is 0 Å². The van der Waals surface area contributed by atoms with Crippen molar-refractivity contribution in [2.24, 2.45) is 0 Å². The molecule has 0 saturated heterocycles. The first-order chi connectivity index (χ1) is 26.0. The van der Waals surface area contributed by atoms with Crippen molar-refractivity contribution in [3.05, 3.63) is 186 Å². The molecule has 0 bridgehead atoms. The first-order valence-corrected chi connectivity index (χ1v) is 17.6. The molecule has 0 aliphatic carbocycles. The van der Waals surface area contributed by atoms with Gasteiger partial charge in [0.1, 0.15) is 0 Å². The first kappa shape index (κ1) is 31.8. The Kier molecular flexibility index (Phi) is 7.91. The van der Waals surface area contributed by atoms with Gasteiger partial charge in [-0.2, -0.15) is 0 Å². The molecular formula is C48H33N5. The normalized spacial score (nSPS) is 11.2. The SMILES string of the molecule is [C-]#[N+]c1ccc(-n2c3ccc(-c4ccc(C)cc4)cc3c3cc(-c4ccc(C)cc4)ccc32)cc1-c1nc(-c2ccccc2)nc(-c2ccccc2)n1. The summed E-state index contributed by atoms with van der Waals surface area (Å²) < 4.78 is 2.29. The number of aromatic nitrogens is 4. The summed E-state index contributed by atoms with van der Waals surface area (Å²) in [4.78, 5) is 18.8. The fourth-order valence-electron chi connectivity index (χ4n) is 7.02. The number of benzene rings is 7. The van der Waals surface area contributed by atoms with E-state index in [0.29, 0.717) is 28.7 Å². The molecule has 0 unspecified atom stereocenters. The topological polar surface area (TPSA) is 48.0 Å². The number of hydrogen-bond donors (Lipinski definition) is 0. The average molecular weight is 680 g/mol. The van der Waals surface area contributed by atoms with Crippen molar-refractivity contribution in [1.29, 1.82) is 0 Å². The molecule has 0 spiro atoms. The summed E-state index contributed by atoms with van der Waals surface area (Å²) >= 11 is 0. The number of fused-ring (bicyclic) bond motifs is 3. The molecular weight excluding hydrogens is 647 g/mol. The molecule has 9 rings (SSSR count). The van der Waals surface area contributed by atoms with Crippen LogP contribution in [-0.2, 0) is 0 Å². The minimum atomic E-state index is 0.453. The van der Waals surface area contributed by atoms with Gasteiger partial charge in [-0.05, 0) is 72.5 Å². The van der Waals surface area contributed by atoms with Gasteiger partial charge in [0.05, 0.1) is 17.6 Å². The lowest BCUT2D eigenvalue weighted by molar-refractivity contribution is 1.07. The minimum absolute atomic E-state index is 0.453. The lowest BCUT2D eigenvalue weighted by atomic mass is 9.99. The van der Waals surface area contributed by atoms with E-state index in [1.807, 2.05) is 78.9 Å². The van der Waals surface area contributed by atoms with E-state index in [1.54, 1.807) is 0 Å². The molecule has 2 aromatic heterocycles. The fraction of sp³-hybridized carbons (Fsp3) is 0.0417. The largest absolute Gasteiger partial charge is 0.309 e. The number of hydrogen-bond acceptors (Lipinski definition) is 3. The maximum Gasteiger partial charge on any atom is 0.198 e. The number of aryl methyl sites for hydroxylation is 2. The molecule has 2 heterocycles. The molecule has 9 aromatic rings. The highest BCUT2D eigenvalue weighted by Crippen LogP contribution is 2.40. The van der Waals surface area contributed by atoms with Crippen LogP contribution in [0.4, 0.5) is 5.69 Å². The van der Waals surface area contributed by atoms with Crippen LogP contribution in [0.1, 0.15) is 11.1 Å². The highest BCUT2D eigenvalue weighted by atomic mass is 15.0. The Balaban J connectivity index is 1.27. The molecule has 250 valence electrons. The predicted molar refractivity (Wildman–Crippen MR) is 217 cm³/mol. The summed E-state index contributed by atoms with van der Waals surface area (Å²) in [5.74, 6) is 1.56. The van der Waals surface area contributed by atoms with E-state index in [-0.39, 0.29) is 0 Å². The predicted octanol–water partition coefficient (Wildman–Crippen LogP) is 12.5. The van der Waals surface area contributed by atoms with E-state index in [4.69, 9.17) is 21.5 Å². The van der Waals surface area contributed by atoms with Crippen LogP contribution >= 0.6 is 0 Å². The van der Waals surface area contributed by atoms with Crippen molar-refractivity contribution in [2.75, 3.05) is 0 Å². The van der Waals surface area contributed by atoms with E-state index < -0.39 is 0 Å². The molecule has 0 atom stereocenters. The highest BCUT2D eigenvalue weighted by Gasteiger charge is 2.19. The lowest BCUT2D eigenvalue weighted by Gasteiger charge is -2.13. The van der Waals surface area contributed by atoms with Crippen molar-refractivity contribution < 1.29 is 0 Å². The molecule has 0 amide bonds. The monoisotopic (exact) mass is 679 g/mol. The zero-order valence-electron chi connectivity index (χ0n) is 29.3. The molecule has 0 N–H and O–H groups in total. The van der Waals surface area contributed by atoms with E-state index in [2.05, 4.69) is 108 Å². The fourth-order valence-corrected chi connectivity index (χ4v) is 7.02. The van der Waals surface area contributed by atoms with Crippen LogP contribution in [0.2, 0.25) is 0 Å². The van der Waals surface area contributed by atoms with Gasteiger partial charge in [0.15, 0.2) is 23.2 Å². The summed E-state index contributed by atoms with van der Waals surface area (Å²) in [5, 5.41) is 2.31. The lowest BCUT2D eigenvalue weighted by Crippen LogP contribution is -2.01. The van der Waals surface area contributed by atoms with Crippen molar-refractivity contribution in [1.82, 2.24) is 19.5 Å². The van der Waals surface area contributed by atoms with Gasteiger partial charge in [0, 0.05) is 33.2 Å². The Morgan fingerprint density at radius 3 is 1.36 bits per heavy atom. The molecule has 0 aliphatic heterocycles. The second kappa shape index (κ2) is 13.2. The standard InChI is InChI=1S/C48H33N5/c1-31-14-18-33(19-15-31)37-22-26-44-40(28-37)41-29-38(34-20-16-32(2)17-21-34)23-27-45(41)53(44)39-24-25-43(49-3)42(30-39)48-51-46(35-10-6-4-7-11-35)50-47(52-48)36-12-8-5-9-13-36/h4-30H,1-2H3. The molecule has 53 heavy (non-hydrogen) atoms. The van der Waals surface area contributed by atoms with Gasteiger partial charge in [0.2, 0.25) is 0 Å². The average Bonchev–Trinajstić information content (AvgIpc) is 3.54. The third-order valence-electron chi connectivity index (χ3n) is 9.83. The van der Waals surface area contributed by atoms with Crippen molar-refractivity contribution in [3.63, 3.8) is 0 Å². The molecule has 0 saturated carbocycles. The van der Waals surface area contributed by atoms with Crippen molar-refractivity contribution in [3.8, 4) is 62.1 Å². The summed E-state index contributed by atoms with van der Waals surface area (Å²) in [6.45, 7) is 12.4. The van der Waals surface area contributed by atoms with Gasteiger partial charge in [-0.25, -0.2) is 19.8 Å². The van der Waals surface area contributed by atoms with Crippen LogP contribution in [-0.4, -0.2) is 19.5 Å². The van der Waals surface area contributed by atoms with Gasteiger partial charge in [-0.3, -0.25) is 0 Å². The van der Waals surface area contributed by atoms with E-state index in [9.17, 15) is 0 Å². The van der Waals surface area contributed by atoms with Crippen LogP contribution in [0.15, 0.2) is 164 Å². The molecule has 5 nitrogen and oxygen atoms in total. The molecule has 7 aromatic carbocycles. The maximum absolute atomic E-state index is 8.16. The van der Waals surface area contributed by atoms with E-state index in [0.717, 1.165) is 49.7 Å². The van der Waals surface area contributed by atoms with Gasteiger partial charge in [0.25, 0.3) is 0 Å². The van der Waals surface area contributed by atoms with E-state index >= 15 is 0 Å². The Labute approximate surface area is 308 Å². The maximum atomic E-state index is 8.16. The van der Waals surface area contributed by atoms with E-state index in [1.165, 1.54) is 22.3 Å². The van der Waals surface area contributed by atoms with Crippen LogP contribution in [0.3, 0.4) is 0 Å². The first-order valence-electron chi connectivity index (χ1n) is 17.6. The second-order valence-corrected chi connectivity index (χ2v) is 13.4. The van der Waals surface area contributed by atoms with Crippen LogP contribution in [0, 0.1) is 20.4 Å². The third-order valence-corrected chi connectivity index (χ3v) is 9.83. The summed E-state index contributed by atoms with van der Waals surface area (Å²) in [6.07, 6.45) is 0. The third kappa shape index (κ3) is 5.93. The zero-order chi connectivity index (χ0) is 35.9. The Morgan fingerprint density at radius 2 is 0.887 bits per heavy atom. The second-order valence-electron chi connectivity index (χ2n) is 13.4. The molecule has 0 aliphatic rings. The Hall–Kier alpha value is -7.16. The summed E-state index contributed by atoms with van der Waals surface area (Å²) in [7, 11) is 0. The minimum Gasteiger partial charge on any atom is -0.309 e. The number of nitrogens with zero attached hydrogens (tertiary/aromatic N) is 5. The van der Waals surface area contributed by atoms with Crippen LogP contribution < -0.4 is 0 Å². The highest BCUT2D eigenvalue weighted by molar-refractivity contribution is 6.11. The summed E-state index contributed by atoms with van der Waals surface area (Å²) in [6, 6.07) is 56.6. The van der Waals surface area contributed by atoms with Crippen molar-refractivity contribution in [2.45, 2.75) is 13.8 Å². The van der Waals surface area contributed by atoms with Crippen molar-refractivity contribution >= 4 is 27.5 Å². The molecule has 0 fully saturated rings. The van der Waals surface area contributed by atoms with Crippen LogP contribution in [0.25, 0.3) is 88.8 Å². The van der Waals surface area contributed by atoms with Gasteiger partial charge >= 0.3 is 0 Å². The van der Waals surface area contributed by atoms with Gasteiger partial charge in [-0.15, -0.1) is 0 Å². The zero-order valence-corrected chi connectivity index (χ0v) is 29.3. The smallest absolute Gasteiger partial charge is 0.198 e. The van der Waals surface area contributed by atoms with Gasteiger partial charge in [-0.1, -0.05) is 139 Å². The molecule has 5 heteroatoms.